The molecule has 3 rings (SSSR count). The Hall–Kier alpha value is -0.640. The minimum atomic E-state index is -0.327. The van der Waals surface area contributed by atoms with E-state index in [0.29, 0.717) is 0 Å². The first-order chi connectivity index (χ1) is 9.72. The molecule has 20 heavy (non-hydrogen) atoms. The summed E-state index contributed by atoms with van der Waals surface area (Å²) in [5, 5.41) is 3.65. The Kier molecular flexibility index (Phi) is 4.59. The van der Waals surface area contributed by atoms with Gasteiger partial charge in [0.25, 0.3) is 0 Å². The molecule has 0 bridgehead atoms. The highest BCUT2D eigenvalue weighted by molar-refractivity contribution is 6.30. The van der Waals surface area contributed by atoms with Gasteiger partial charge in [0.1, 0.15) is 5.82 Å². The van der Waals surface area contributed by atoms with Crippen molar-refractivity contribution in [2.24, 2.45) is 5.92 Å². The minimum absolute atomic E-state index is 0.236. The molecule has 2 fully saturated rings. The fourth-order valence-corrected chi connectivity index (χ4v) is 3.25. The van der Waals surface area contributed by atoms with Crippen LogP contribution in [0.3, 0.4) is 0 Å². The van der Waals surface area contributed by atoms with E-state index in [1.807, 2.05) is 6.07 Å². The Morgan fingerprint density at radius 3 is 2.60 bits per heavy atom. The van der Waals surface area contributed by atoms with Crippen LogP contribution in [0.4, 0.5) is 4.39 Å². The third-order valence-electron chi connectivity index (χ3n) is 4.38. The van der Waals surface area contributed by atoms with E-state index in [0.717, 1.165) is 37.2 Å². The third-order valence-corrected chi connectivity index (χ3v) is 4.67. The highest BCUT2D eigenvalue weighted by Gasteiger charge is 2.30. The summed E-state index contributed by atoms with van der Waals surface area (Å²) in [4.78, 5) is 2.57. The van der Waals surface area contributed by atoms with E-state index in [1.54, 1.807) is 6.07 Å². The van der Waals surface area contributed by atoms with Crippen molar-refractivity contribution in [2.45, 2.75) is 38.3 Å². The largest absolute Gasteiger partial charge is 0.317 e. The Balaban J connectivity index is 1.62. The smallest absolute Gasteiger partial charge is 0.141 e. The van der Waals surface area contributed by atoms with E-state index in [9.17, 15) is 4.39 Å². The topological polar surface area (TPSA) is 15.3 Å². The fourth-order valence-electron chi connectivity index (χ4n) is 3.05. The molecule has 0 radical (unpaired) electrons. The number of benzene rings is 1. The van der Waals surface area contributed by atoms with Crippen LogP contribution in [0.1, 0.15) is 31.2 Å². The lowest BCUT2D eigenvalue weighted by Crippen LogP contribution is -2.37. The summed E-state index contributed by atoms with van der Waals surface area (Å²) in [7, 11) is 0. The average Bonchev–Trinajstić information content (AvgIpc) is 3.28. The predicted molar refractivity (Wildman–Crippen MR) is 80.4 cm³/mol. The first-order valence-corrected chi connectivity index (χ1v) is 7.99. The zero-order valence-electron chi connectivity index (χ0n) is 11.7. The van der Waals surface area contributed by atoms with E-state index < -0.39 is 0 Å². The SMILES string of the molecule is Fc1ccc(CN(CC2CCNCC2)C2CC2)cc1Cl. The molecule has 0 amide bonds. The van der Waals surface area contributed by atoms with Gasteiger partial charge >= 0.3 is 0 Å². The number of nitrogens with one attached hydrogen (secondary N) is 1. The summed E-state index contributed by atoms with van der Waals surface area (Å²) in [5.41, 5.74) is 1.12. The van der Waals surface area contributed by atoms with Crippen molar-refractivity contribution >= 4 is 11.6 Å². The number of piperidine rings is 1. The second kappa shape index (κ2) is 6.42. The van der Waals surface area contributed by atoms with Crippen LogP contribution in [0.25, 0.3) is 0 Å². The zero-order valence-corrected chi connectivity index (χ0v) is 12.5. The van der Waals surface area contributed by atoms with Crippen molar-refractivity contribution < 1.29 is 4.39 Å². The second-order valence-corrected chi connectivity index (χ2v) is 6.51. The van der Waals surface area contributed by atoms with Crippen LogP contribution in [0.2, 0.25) is 5.02 Å². The molecular formula is C16H22ClFN2. The van der Waals surface area contributed by atoms with Crippen LogP contribution in [0.15, 0.2) is 18.2 Å². The first kappa shape index (κ1) is 14.3. The average molecular weight is 297 g/mol. The highest BCUT2D eigenvalue weighted by Crippen LogP contribution is 2.31. The van der Waals surface area contributed by atoms with Crippen LogP contribution >= 0.6 is 11.6 Å². The molecule has 1 aliphatic heterocycles. The van der Waals surface area contributed by atoms with Gasteiger partial charge in [0.2, 0.25) is 0 Å². The number of hydrogen-bond donors (Lipinski definition) is 1. The Labute approximate surface area is 125 Å². The number of nitrogens with zero attached hydrogens (tertiary/aromatic N) is 1. The van der Waals surface area contributed by atoms with E-state index in [-0.39, 0.29) is 10.8 Å². The summed E-state index contributed by atoms with van der Waals surface area (Å²) < 4.78 is 13.2. The minimum Gasteiger partial charge on any atom is -0.317 e. The summed E-state index contributed by atoms with van der Waals surface area (Å²) >= 11 is 5.88. The fraction of sp³-hybridized carbons (Fsp3) is 0.625. The van der Waals surface area contributed by atoms with Crippen molar-refractivity contribution in [1.29, 1.82) is 0 Å². The van der Waals surface area contributed by atoms with Gasteiger partial charge in [-0.2, -0.15) is 0 Å². The van der Waals surface area contributed by atoms with Gasteiger partial charge in [-0.25, -0.2) is 4.39 Å². The molecule has 2 aliphatic rings. The summed E-state index contributed by atoms with van der Waals surface area (Å²) in [6, 6.07) is 5.84. The van der Waals surface area contributed by atoms with Gasteiger partial charge in [-0.05, 0) is 62.4 Å². The summed E-state index contributed by atoms with van der Waals surface area (Å²) in [6.07, 6.45) is 5.15. The van der Waals surface area contributed by atoms with Gasteiger partial charge in [0.15, 0.2) is 0 Å². The van der Waals surface area contributed by atoms with Crippen molar-refractivity contribution in [1.82, 2.24) is 10.2 Å². The summed E-state index contributed by atoms with van der Waals surface area (Å²) in [5.74, 6) is 0.472. The Bertz CT molecular complexity index is 456. The highest BCUT2D eigenvalue weighted by atomic mass is 35.5. The van der Waals surface area contributed by atoms with Gasteiger partial charge in [0.05, 0.1) is 5.02 Å². The molecule has 1 heterocycles. The Morgan fingerprint density at radius 1 is 1.20 bits per heavy atom. The zero-order chi connectivity index (χ0) is 13.9. The molecule has 1 saturated carbocycles. The van der Waals surface area contributed by atoms with Crippen LogP contribution < -0.4 is 5.32 Å². The molecular weight excluding hydrogens is 275 g/mol. The van der Waals surface area contributed by atoms with Gasteiger partial charge in [0, 0.05) is 19.1 Å². The molecule has 1 aromatic carbocycles. The lowest BCUT2D eigenvalue weighted by Gasteiger charge is -2.30. The normalized spacial score (nSPS) is 20.6. The molecule has 1 aliphatic carbocycles. The quantitative estimate of drug-likeness (QED) is 0.895. The lowest BCUT2D eigenvalue weighted by atomic mass is 9.97. The van der Waals surface area contributed by atoms with E-state index in [2.05, 4.69) is 10.2 Å². The second-order valence-electron chi connectivity index (χ2n) is 6.10. The molecule has 110 valence electrons. The molecule has 1 saturated heterocycles. The van der Waals surface area contributed by atoms with Gasteiger partial charge in [-0.15, -0.1) is 0 Å². The van der Waals surface area contributed by atoms with Crippen LogP contribution in [-0.2, 0) is 6.54 Å². The maximum atomic E-state index is 13.2. The summed E-state index contributed by atoms with van der Waals surface area (Å²) in [6.45, 7) is 4.35. The van der Waals surface area contributed by atoms with Gasteiger partial charge in [-0.3, -0.25) is 4.90 Å². The van der Waals surface area contributed by atoms with Gasteiger partial charge < -0.3 is 5.32 Å². The molecule has 0 atom stereocenters. The molecule has 1 aromatic rings. The first-order valence-electron chi connectivity index (χ1n) is 7.61. The molecule has 4 heteroatoms. The third kappa shape index (κ3) is 3.72. The molecule has 0 spiro atoms. The maximum Gasteiger partial charge on any atom is 0.141 e. The lowest BCUT2D eigenvalue weighted by molar-refractivity contribution is 0.190. The van der Waals surface area contributed by atoms with Crippen molar-refractivity contribution in [3.63, 3.8) is 0 Å². The van der Waals surface area contributed by atoms with Crippen LogP contribution in [0, 0.1) is 11.7 Å². The van der Waals surface area contributed by atoms with Crippen LogP contribution in [0.5, 0.6) is 0 Å². The molecule has 2 nitrogen and oxygen atoms in total. The van der Waals surface area contributed by atoms with E-state index in [4.69, 9.17) is 11.6 Å². The number of rotatable bonds is 5. The van der Waals surface area contributed by atoms with Crippen LogP contribution in [-0.4, -0.2) is 30.6 Å². The standard InChI is InChI=1S/C16H22ClFN2/c17-15-9-13(1-4-16(15)18)11-20(14-2-3-14)10-12-5-7-19-8-6-12/h1,4,9,12,14,19H,2-3,5-8,10-11H2. The van der Waals surface area contributed by atoms with Crippen molar-refractivity contribution in [2.75, 3.05) is 19.6 Å². The Morgan fingerprint density at radius 2 is 1.95 bits per heavy atom. The van der Waals surface area contributed by atoms with Crippen molar-refractivity contribution in [3.8, 4) is 0 Å². The van der Waals surface area contributed by atoms with E-state index in [1.165, 1.54) is 38.3 Å². The van der Waals surface area contributed by atoms with Crippen molar-refractivity contribution in [3.05, 3.63) is 34.6 Å². The number of halogens is 2. The maximum absolute atomic E-state index is 13.2. The van der Waals surface area contributed by atoms with E-state index >= 15 is 0 Å². The molecule has 1 N–H and O–H groups in total. The molecule has 0 unspecified atom stereocenters. The van der Waals surface area contributed by atoms with Gasteiger partial charge in [-0.1, -0.05) is 17.7 Å². The predicted octanol–water partition coefficient (Wildman–Crippen LogP) is 3.44. The number of hydrogen-bond acceptors (Lipinski definition) is 2. The monoisotopic (exact) mass is 296 g/mol. The molecule has 0 aromatic heterocycles.